The van der Waals surface area contributed by atoms with Gasteiger partial charge < -0.3 is 0 Å². The second kappa shape index (κ2) is 76.3. The van der Waals surface area contributed by atoms with Gasteiger partial charge in [0.2, 0.25) is 0 Å². The van der Waals surface area contributed by atoms with E-state index in [1.54, 1.807) is 0 Å². The van der Waals surface area contributed by atoms with Crippen molar-refractivity contribution in [1.82, 2.24) is 0 Å². The van der Waals surface area contributed by atoms with Crippen LogP contribution in [0.5, 0.6) is 0 Å². The van der Waals surface area contributed by atoms with E-state index < -0.39 is 0 Å². The molecule has 0 radical (unpaired) electrons. The highest BCUT2D eigenvalue weighted by atomic mass is 13.9. The molecule has 0 fully saturated rings. The Labute approximate surface area is 324 Å². The van der Waals surface area contributed by atoms with Gasteiger partial charge in [-0.3, -0.25) is 0 Å². The highest BCUT2D eigenvalue weighted by molar-refractivity contribution is 5.82. The van der Waals surface area contributed by atoms with Gasteiger partial charge >= 0.3 is 0 Å². The Morgan fingerprint density at radius 3 is 0.353 bits per heavy atom. The maximum atomic E-state index is 2.12. The Hall–Kier alpha value is -3.64. The minimum atomic E-state index is 0. The molecule has 51 heavy (non-hydrogen) atoms. The highest BCUT2D eigenvalue weighted by Crippen LogP contribution is 2.11. The molecule has 0 atom stereocenters. The summed E-state index contributed by atoms with van der Waals surface area (Å²) in [6.07, 6.45) is 8.75. The maximum Gasteiger partial charge on any atom is -0.0184 e. The lowest BCUT2D eigenvalue weighted by Crippen LogP contribution is -1.67. The number of benzene rings is 5. The van der Waals surface area contributed by atoms with E-state index in [0.29, 0.717) is 0 Å². The number of rotatable bonds is 0. The topological polar surface area (TPSA) is 0 Å². The summed E-state index contributed by atoms with van der Waals surface area (Å²) >= 11 is 0. The van der Waals surface area contributed by atoms with Crippen molar-refractivity contribution in [3.8, 4) is 0 Å². The maximum absolute atomic E-state index is 2.12. The first kappa shape index (κ1) is 65.7. The Bertz CT molecular complexity index is 816. The van der Waals surface area contributed by atoms with Crippen LogP contribution in [-0.4, -0.2) is 0 Å². The smallest absolute Gasteiger partial charge is 0.0184 e. The standard InChI is InChI=1S/C10H8.3C6H6.7C3H8.2CH4/c1-2-6-10-8-4-3-7-9(10)5-1;3*1-2-4-6-5-3-1;7*1-3-2;;/h1-8H;3*1-6H;7*3H2,1-2H3;2*1H4. The fraction of sp³-hybridized carbons (Fsp3) is 0.451. The molecule has 294 valence electrons. The van der Waals surface area contributed by atoms with Gasteiger partial charge in [-0.05, 0) is 10.8 Å². The minimum Gasteiger partial charge on any atom is -0.0776 e. The zero-order valence-corrected chi connectivity index (χ0v) is 35.0. The second-order valence-electron chi connectivity index (χ2n) is 10.8. The Balaban J connectivity index is -0.0000000688. The SMILES string of the molecule is C.C.CCC.CCC.CCC.CCC.CCC.CCC.CCC.c1ccc2ccccc2c1.c1ccccc1.c1ccccc1.c1ccccc1. The predicted octanol–water partition coefficient (Wildman–Crippen LogP) is 19.1. The zero-order valence-electron chi connectivity index (χ0n) is 35.0. The summed E-state index contributed by atoms with van der Waals surface area (Å²) in [5, 5.41) is 2.62. The monoisotopic (exact) mass is 703 g/mol. The molecule has 5 rings (SSSR count). The van der Waals surface area contributed by atoms with Gasteiger partial charge in [0, 0.05) is 0 Å². The van der Waals surface area contributed by atoms with Gasteiger partial charge in [-0.25, -0.2) is 0 Å². The Kier molecular flexibility index (Phi) is 98.3. The third kappa shape index (κ3) is 87.1. The molecule has 0 spiro atoms. The van der Waals surface area contributed by atoms with Gasteiger partial charge in [0.05, 0.1) is 0 Å². The van der Waals surface area contributed by atoms with Crippen LogP contribution >= 0.6 is 0 Å². The average Bonchev–Trinajstić information content (AvgIpc) is 3.14. The molecule has 5 aromatic carbocycles. The molecule has 0 saturated heterocycles. The van der Waals surface area contributed by atoms with Crippen molar-refractivity contribution in [1.29, 1.82) is 0 Å². The first-order valence-electron chi connectivity index (χ1n) is 19.3. The van der Waals surface area contributed by atoms with Gasteiger partial charge in [0.15, 0.2) is 0 Å². The zero-order chi connectivity index (χ0) is 38.5. The van der Waals surface area contributed by atoms with Crippen molar-refractivity contribution in [3.63, 3.8) is 0 Å². The fourth-order valence-electron chi connectivity index (χ4n) is 2.29. The van der Waals surface area contributed by atoms with E-state index in [-0.39, 0.29) is 14.9 Å². The van der Waals surface area contributed by atoms with Crippen LogP contribution in [0, 0.1) is 0 Å². The summed E-state index contributed by atoms with van der Waals surface area (Å²) in [7, 11) is 0. The van der Waals surface area contributed by atoms with Crippen molar-refractivity contribution < 1.29 is 0 Å². The fourth-order valence-corrected chi connectivity index (χ4v) is 2.29. The molecule has 0 N–H and O–H groups in total. The number of fused-ring (bicyclic) bond motifs is 1. The van der Waals surface area contributed by atoms with E-state index in [1.807, 2.05) is 109 Å². The predicted molar refractivity (Wildman–Crippen MR) is 248 cm³/mol. The Morgan fingerprint density at radius 1 is 0.196 bits per heavy atom. The molecule has 0 bridgehead atoms. The lowest BCUT2D eigenvalue weighted by atomic mass is 10.1. The molecule has 0 aliphatic heterocycles. The van der Waals surface area contributed by atoms with Crippen LogP contribution in [0.1, 0.15) is 157 Å². The van der Waals surface area contributed by atoms with Crippen LogP contribution in [0.15, 0.2) is 158 Å². The van der Waals surface area contributed by atoms with Crippen LogP contribution in [0.4, 0.5) is 0 Å². The minimum absolute atomic E-state index is 0. The third-order valence-electron chi connectivity index (χ3n) is 3.66. The molecule has 0 unspecified atom stereocenters. The molecule has 0 aromatic heterocycles. The molecule has 5 aromatic rings. The summed E-state index contributed by atoms with van der Waals surface area (Å²) in [5.74, 6) is 0. The van der Waals surface area contributed by atoms with Crippen LogP contribution in [0.25, 0.3) is 10.8 Å². The van der Waals surface area contributed by atoms with Gasteiger partial charge in [-0.1, -0.05) is 314 Å². The van der Waals surface area contributed by atoms with Crippen molar-refractivity contribution in [2.45, 2.75) is 157 Å². The van der Waals surface area contributed by atoms with Gasteiger partial charge in [-0.15, -0.1) is 0 Å². The molecule has 0 heterocycles. The molecule has 0 aliphatic carbocycles. The van der Waals surface area contributed by atoms with E-state index in [9.17, 15) is 0 Å². The van der Waals surface area contributed by atoms with Crippen LogP contribution in [0.2, 0.25) is 0 Å². The van der Waals surface area contributed by atoms with E-state index in [4.69, 9.17) is 0 Å². The first-order valence-corrected chi connectivity index (χ1v) is 19.3. The molecular weight excluding hydrogens is 613 g/mol. The average molecular weight is 703 g/mol. The van der Waals surface area contributed by atoms with E-state index in [2.05, 4.69) is 145 Å². The van der Waals surface area contributed by atoms with Gasteiger partial charge in [0.1, 0.15) is 0 Å². The van der Waals surface area contributed by atoms with E-state index in [1.165, 1.54) is 55.7 Å². The summed E-state index contributed by atoms with van der Waals surface area (Å²) < 4.78 is 0. The number of hydrogen-bond acceptors (Lipinski definition) is 0. The van der Waals surface area contributed by atoms with Crippen molar-refractivity contribution in [2.24, 2.45) is 0 Å². The normalized spacial score (nSPS) is 7.25. The van der Waals surface area contributed by atoms with E-state index >= 15 is 0 Å². The first-order chi connectivity index (χ1) is 23.9. The number of hydrogen-bond donors (Lipinski definition) is 0. The molecule has 0 saturated carbocycles. The largest absolute Gasteiger partial charge is 0.0776 e. The summed E-state index contributed by atoms with van der Waals surface area (Å²) in [4.78, 5) is 0. The van der Waals surface area contributed by atoms with Gasteiger partial charge in [-0.2, -0.15) is 0 Å². The summed E-state index contributed by atoms with van der Waals surface area (Å²) in [6, 6.07) is 52.7. The summed E-state index contributed by atoms with van der Waals surface area (Å²) in [5.41, 5.74) is 0. The quantitative estimate of drug-likeness (QED) is 0.151. The van der Waals surface area contributed by atoms with Crippen LogP contribution in [0.3, 0.4) is 0 Å². The van der Waals surface area contributed by atoms with Gasteiger partial charge in [0.25, 0.3) is 0 Å². The van der Waals surface area contributed by atoms with Crippen LogP contribution < -0.4 is 0 Å². The Morgan fingerprint density at radius 2 is 0.275 bits per heavy atom. The van der Waals surface area contributed by atoms with Crippen molar-refractivity contribution in [3.05, 3.63) is 158 Å². The molecular formula is C51H90. The highest BCUT2D eigenvalue weighted by Gasteiger charge is 1.85. The second-order valence-corrected chi connectivity index (χ2v) is 10.8. The molecule has 0 amide bonds. The van der Waals surface area contributed by atoms with Crippen LogP contribution in [-0.2, 0) is 0 Å². The lowest BCUT2D eigenvalue weighted by molar-refractivity contribution is 1.09. The third-order valence-corrected chi connectivity index (χ3v) is 3.66. The van der Waals surface area contributed by atoms with Crippen molar-refractivity contribution >= 4 is 10.8 Å². The molecule has 0 aliphatic rings. The molecule has 0 nitrogen and oxygen atoms in total. The van der Waals surface area contributed by atoms with Crippen molar-refractivity contribution in [2.75, 3.05) is 0 Å². The van der Waals surface area contributed by atoms with E-state index in [0.717, 1.165) is 0 Å². The lowest BCUT2D eigenvalue weighted by Gasteiger charge is -1.92. The molecule has 0 heteroatoms. The summed E-state index contributed by atoms with van der Waals surface area (Å²) in [6.45, 7) is 29.8.